The van der Waals surface area contributed by atoms with Gasteiger partial charge in [-0.05, 0) is 10.7 Å². The van der Waals surface area contributed by atoms with Crippen molar-refractivity contribution < 1.29 is 14.5 Å². The number of nitroso groups, excluding NO2 is 1. The van der Waals surface area contributed by atoms with Gasteiger partial charge in [0.1, 0.15) is 95.3 Å². The number of oxime groups is 2. The summed E-state index contributed by atoms with van der Waals surface area (Å²) in [5.41, 5.74) is 13.1. The normalized spacial score (nSPS) is 12.2. The molecule has 10 rings (SSSR count). The van der Waals surface area contributed by atoms with E-state index in [0.717, 1.165) is 27.8 Å². The van der Waals surface area contributed by atoms with Crippen LogP contribution in [0.2, 0.25) is 0 Å². The highest BCUT2D eigenvalue weighted by molar-refractivity contribution is 6.23. The highest BCUT2D eigenvalue weighted by Gasteiger charge is 2.32. The quantitative estimate of drug-likeness (QED) is 0.128. The third kappa shape index (κ3) is 7.56. The number of benzene rings is 4. The molecule has 1 amide bonds. The van der Waals surface area contributed by atoms with Crippen molar-refractivity contribution in [3.63, 3.8) is 0 Å². The molecule has 0 spiro atoms. The summed E-state index contributed by atoms with van der Waals surface area (Å²) in [4.78, 5) is 56.6. The van der Waals surface area contributed by atoms with Crippen LogP contribution < -0.4 is 5.73 Å². The van der Waals surface area contributed by atoms with Crippen molar-refractivity contribution in [3.05, 3.63) is 170 Å². The number of nitrogens with one attached hydrogen (secondary N) is 1. The van der Waals surface area contributed by atoms with E-state index in [1.165, 1.54) is 7.11 Å². The number of H-pyrrole nitrogens is 1. The van der Waals surface area contributed by atoms with E-state index in [0.29, 0.717) is 57.3 Å². The summed E-state index contributed by atoms with van der Waals surface area (Å²) < 4.78 is 0. The van der Waals surface area contributed by atoms with Crippen molar-refractivity contribution in [2.24, 2.45) is 21.2 Å². The van der Waals surface area contributed by atoms with Crippen LogP contribution in [0.4, 0.5) is 5.69 Å². The van der Waals surface area contributed by atoms with Crippen molar-refractivity contribution in [2.75, 3.05) is 7.11 Å². The highest BCUT2D eigenvalue weighted by atomic mass is 16.6. The molecule has 6 aromatic rings. The molecule has 3 aliphatic carbocycles. The summed E-state index contributed by atoms with van der Waals surface area (Å²) in [5, 5.41) is 58.0. The third-order valence-electron chi connectivity index (χ3n) is 10.0. The number of rotatable bonds is 6. The zero-order valence-electron chi connectivity index (χ0n) is 34.0. The van der Waals surface area contributed by atoms with E-state index >= 15 is 0 Å². The number of carbonyl (C=O) groups is 1. The van der Waals surface area contributed by atoms with Gasteiger partial charge in [-0.2, -0.15) is 26.3 Å². The maximum absolute atomic E-state index is 11.4. The molecule has 2 aromatic heterocycles. The van der Waals surface area contributed by atoms with Crippen LogP contribution in [-0.4, -0.2) is 54.3 Å². The van der Waals surface area contributed by atoms with Gasteiger partial charge in [-0.15, -0.1) is 4.91 Å². The minimum absolute atomic E-state index is 0.00695. The molecule has 0 atom stereocenters. The molecule has 0 fully saturated rings. The van der Waals surface area contributed by atoms with E-state index in [-0.39, 0.29) is 45.5 Å². The fourth-order valence-electron chi connectivity index (χ4n) is 7.18. The lowest BCUT2D eigenvalue weighted by Crippen LogP contribution is -2.17. The minimum Gasteiger partial charge on any atom is -0.399 e. The van der Waals surface area contributed by atoms with E-state index in [1.807, 2.05) is 103 Å². The molecular formula is C47H25N15O4. The second kappa shape index (κ2) is 18.2. The van der Waals surface area contributed by atoms with Gasteiger partial charge in [0.05, 0.1) is 5.69 Å². The number of aromatic amines is 1. The van der Waals surface area contributed by atoms with Crippen LogP contribution in [0.15, 0.2) is 119 Å². The van der Waals surface area contributed by atoms with E-state index in [4.69, 9.17) is 31.2 Å². The second-order valence-corrected chi connectivity index (χ2v) is 13.7. The largest absolute Gasteiger partial charge is 0.399 e. The molecule has 3 heterocycles. The topological polar surface area (TPSA) is 315 Å². The Bertz CT molecular complexity index is 3550. The molecule has 0 unspecified atom stereocenters. The van der Waals surface area contributed by atoms with Gasteiger partial charge in [-0.1, -0.05) is 113 Å². The van der Waals surface area contributed by atoms with Gasteiger partial charge in [0.2, 0.25) is 0 Å². The van der Waals surface area contributed by atoms with Gasteiger partial charge in [0.25, 0.3) is 5.91 Å². The number of aromatic nitrogens is 6. The Kier molecular flexibility index (Phi) is 11.6. The molecule has 4 aromatic carbocycles. The Balaban J connectivity index is 0.000000136. The fourth-order valence-corrected chi connectivity index (χ4v) is 7.18. The molecule has 19 heteroatoms. The number of nitrogens with zero attached hydrogens (tertiary/aromatic N) is 13. The van der Waals surface area contributed by atoms with Crippen molar-refractivity contribution in [3.8, 4) is 64.2 Å². The van der Waals surface area contributed by atoms with Gasteiger partial charge in [-0.25, -0.2) is 24.9 Å². The van der Waals surface area contributed by atoms with Gasteiger partial charge >= 0.3 is 0 Å². The van der Waals surface area contributed by atoms with Crippen molar-refractivity contribution >= 4 is 33.8 Å². The summed E-state index contributed by atoms with van der Waals surface area (Å²) in [6, 6.07) is 41.1. The smallest absolute Gasteiger partial charge is 0.268 e. The Hall–Kier alpha value is -10.6. The van der Waals surface area contributed by atoms with E-state index in [1.54, 1.807) is 30.3 Å². The zero-order valence-corrected chi connectivity index (χ0v) is 34.0. The standard InChI is InChI=1S/C20H11N5O.C14H7N5O.C13H7N5O2/c21-10-16-17(11-22)24-20-18(23-16)14-8-4-5-9-15(14)19(20)25-26-12-13-6-2-1-3-7-13;1-20-19-13-9-5-3-2-4-8(9)12-14(13)18-11(7-16)10(6-15)17-12;14-5-8-11(13(15)19)17-9-6-3-1-2-4-7(6)10(18-20)12(9)16-8/h1-9H,12H2;2-5H,1H3;1-4,17H,(H2,15,19). The molecule has 0 saturated heterocycles. The number of fused-ring (bicyclic) bond motifs is 9. The average Bonchev–Trinajstić information content (AvgIpc) is 3.97. The van der Waals surface area contributed by atoms with Gasteiger partial charge < -0.3 is 20.4 Å². The van der Waals surface area contributed by atoms with Gasteiger partial charge in [-0.3, -0.25) is 4.79 Å². The van der Waals surface area contributed by atoms with Crippen LogP contribution in [0.5, 0.6) is 0 Å². The van der Waals surface area contributed by atoms with Crippen LogP contribution in [-0.2, 0) is 16.3 Å². The Morgan fingerprint density at radius 3 is 1.50 bits per heavy atom. The lowest BCUT2D eigenvalue weighted by atomic mass is 10.1. The number of hydrogen-bond acceptors (Lipinski definition) is 17. The predicted molar refractivity (Wildman–Crippen MR) is 235 cm³/mol. The lowest BCUT2D eigenvalue weighted by Gasteiger charge is -2.05. The molecule has 0 saturated carbocycles. The molecule has 0 radical (unpaired) electrons. The first-order chi connectivity index (χ1) is 32.3. The summed E-state index contributed by atoms with van der Waals surface area (Å²) >= 11 is 0. The molecule has 0 bridgehead atoms. The van der Waals surface area contributed by atoms with Crippen LogP contribution in [0.25, 0.3) is 44.7 Å². The number of amides is 1. The first kappa shape index (κ1) is 42.2. The highest BCUT2D eigenvalue weighted by Crippen LogP contribution is 2.42. The predicted octanol–water partition coefficient (Wildman–Crippen LogP) is 6.80. The van der Waals surface area contributed by atoms with Crippen molar-refractivity contribution in [1.82, 2.24) is 29.9 Å². The average molecular weight is 864 g/mol. The summed E-state index contributed by atoms with van der Waals surface area (Å²) in [6.07, 6.45) is 0. The van der Waals surface area contributed by atoms with Crippen LogP contribution in [0.3, 0.4) is 0 Å². The number of primary amides is 1. The third-order valence-corrected chi connectivity index (χ3v) is 10.0. The monoisotopic (exact) mass is 863 g/mol. The SMILES string of the molecule is CON=C1c2ccccc2-c2nc(C#N)c(C#N)nc21.N#Cc1nc2c(N=O)c3ccccc3c-2[nH]c1C(N)=O.N#Cc1nc2c(nc1C#N)-c1ccccc1C2=NOCc1ccccc1. The zero-order chi connectivity index (χ0) is 46.3. The summed E-state index contributed by atoms with van der Waals surface area (Å²) in [6.45, 7) is 0.316. The van der Waals surface area contributed by atoms with E-state index in [2.05, 4.69) is 45.4 Å². The molecular weight excluding hydrogens is 839 g/mol. The molecule has 19 nitrogen and oxygen atoms in total. The number of carbonyl (C=O) groups excluding carboxylic acids is 1. The first-order valence-electron chi connectivity index (χ1n) is 19.3. The van der Waals surface area contributed by atoms with E-state index in [9.17, 15) is 20.2 Å². The molecule has 4 aliphatic rings. The second-order valence-electron chi connectivity index (χ2n) is 13.7. The van der Waals surface area contributed by atoms with E-state index < -0.39 is 5.91 Å². The summed E-state index contributed by atoms with van der Waals surface area (Å²) in [7, 11) is 1.44. The van der Waals surface area contributed by atoms with Crippen LogP contribution in [0, 0.1) is 61.6 Å². The van der Waals surface area contributed by atoms with Crippen LogP contribution in [0.1, 0.15) is 67.0 Å². The number of nitrogens with two attached hydrogens (primary N) is 1. The Morgan fingerprint density at radius 1 is 0.576 bits per heavy atom. The first-order valence-corrected chi connectivity index (χ1v) is 19.3. The lowest BCUT2D eigenvalue weighted by molar-refractivity contribution is 0.0995. The fraction of sp³-hybridized carbons (Fsp3) is 0.0426. The maximum Gasteiger partial charge on any atom is 0.268 e. The number of hydrogen-bond donors (Lipinski definition) is 2. The molecule has 3 N–H and O–H groups in total. The summed E-state index contributed by atoms with van der Waals surface area (Å²) in [5.74, 6) is -0.790. The maximum atomic E-state index is 11.4. The molecule has 1 aliphatic heterocycles. The van der Waals surface area contributed by atoms with Crippen LogP contribution >= 0.6 is 0 Å². The Morgan fingerprint density at radius 2 is 1.02 bits per heavy atom. The minimum atomic E-state index is -0.790. The van der Waals surface area contributed by atoms with Gasteiger partial charge in [0, 0.05) is 33.0 Å². The van der Waals surface area contributed by atoms with Crippen molar-refractivity contribution in [2.45, 2.75) is 6.61 Å². The molecule has 312 valence electrons. The van der Waals surface area contributed by atoms with Crippen molar-refractivity contribution in [1.29, 1.82) is 26.3 Å². The number of nitriles is 5. The molecule has 66 heavy (non-hydrogen) atoms. The van der Waals surface area contributed by atoms with Gasteiger partial charge in [0.15, 0.2) is 28.5 Å². The Labute approximate surface area is 372 Å².